The standard InChI is InChI=1S/C19H17Cl2NO4/c1-12(19(25)22-14-7-8-15(20)16(21)11-14)26-18(24)10-9-17(23)13-5-3-2-4-6-13/h2-8,11-12H,9-10H2,1H3,(H,22,25). The summed E-state index contributed by atoms with van der Waals surface area (Å²) in [5, 5.41) is 3.25. The van der Waals surface area contributed by atoms with E-state index in [-0.39, 0.29) is 18.6 Å². The first-order valence-electron chi connectivity index (χ1n) is 7.90. The SMILES string of the molecule is CC(OC(=O)CCC(=O)c1ccccc1)C(=O)Nc1ccc(Cl)c(Cl)c1. The third-order valence-corrected chi connectivity index (χ3v) is 4.26. The number of nitrogens with one attached hydrogen (secondary N) is 1. The van der Waals surface area contributed by atoms with Gasteiger partial charge >= 0.3 is 5.97 Å². The molecule has 136 valence electrons. The Hall–Kier alpha value is -2.37. The van der Waals surface area contributed by atoms with Gasteiger partial charge < -0.3 is 10.1 Å². The maximum absolute atomic E-state index is 12.1. The van der Waals surface area contributed by atoms with Crippen molar-refractivity contribution in [2.75, 3.05) is 5.32 Å². The van der Waals surface area contributed by atoms with Gasteiger partial charge in [0.25, 0.3) is 5.91 Å². The maximum Gasteiger partial charge on any atom is 0.307 e. The van der Waals surface area contributed by atoms with Crippen molar-refractivity contribution in [3.63, 3.8) is 0 Å². The molecule has 0 saturated heterocycles. The topological polar surface area (TPSA) is 72.5 Å². The molecule has 0 heterocycles. The van der Waals surface area contributed by atoms with Crippen LogP contribution in [0.1, 0.15) is 30.1 Å². The molecule has 2 aromatic rings. The van der Waals surface area contributed by atoms with Crippen molar-refractivity contribution in [2.45, 2.75) is 25.9 Å². The molecule has 1 atom stereocenters. The van der Waals surface area contributed by atoms with Gasteiger partial charge in [-0.25, -0.2) is 0 Å². The Balaban J connectivity index is 1.81. The van der Waals surface area contributed by atoms with E-state index in [4.69, 9.17) is 27.9 Å². The Morgan fingerprint density at radius 3 is 2.35 bits per heavy atom. The molecule has 0 aromatic heterocycles. The normalized spacial score (nSPS) is 11.5. The van der Waals surface area contributed by atoms with Crippen molar-refractivity contribution in [2.24, 2.45) is 0 Å². The Kier molecular flexibility index (Phi) is 7.18. The van der Waals surface area contributed by atoms with E-state index in [1.807, 2.05) is 0 Å². The van der Waals surface area contributed by atoms with E-state index in [1.165, 1.54) is 13.0 Å². The molecule has 2 aromatic carbocycles. The summed E-state index contributed by atoms with van der Waals surface area (Å²) < 4.78 is 5.06. The fourth-order valence-corrected chi connectivity index (χ4v) is 2.41. The summed E-state index contributed by atoms with van der Waals surface area (Å²) in [5.74, 6) is -1.28. The number of halogens is 2. The second-order valence-electron chi connectivity index (χ2n) is 5.54. The monoisotopic (exact) mass is 393 g/mol. The number of amides is 1. The lowest BCUT2D eigenvalue weighted by atomic mass is 10.1. The number of esters is 1. The summed E-state index contributed by atoms with van der Waals surface area (Å²) >= 11 is 11.7. The molecule has 1 amide bonds. The van der Waals surface area contributed by atoms with Gasteiger partial charge in [0, 0.05) is 17.7 Å². The van der Waals surface area contributed by atoms with Crippen molar-refractivity contribution in [1.82, 2.24) is 0 Å². The number of benzene rings is 2. The van der Waals surface area contributed by atoms with Crippen LogP contribution in [0.25, 0.3) is 0 Å². The van der Waals surface area contributed by atoms with Crippen LogP contribution in [-0.2, 0) is 14.3 Å². The van der Waals surface area contributed by atoms with E-state index < -0.39 is 18.0 Å². The summed E-state index contributed by atoms with van der Waals surface area (Å²) in [4.78, 5) is 35.9. The minimum atomic E-state index is -1.01. The molecular formula is C19H17Cl2NO4. The largest absolute Gasteiger partial charge is 0.453 e. The molecule has 0 radical (unpaired) electrons. The van der Waals surface area contributed by atoms with Crippen LogP contribution in [0.2, 0.25) is 10.0 Å². The smallest absolute Gasteiger partial charge is 0.307 e. The van der Waals surface area contributed by atoms with Crippen LogP contribution in [0.5, 0.6) is 0 Å². The van der Waals surface area contributed by atoms with Crippen molar-refractivity contribution >= 4 is 46.5 Å². The number of carbonyl (C=O) groups is 3. The van der Waals surface area contributed by atoms with Gasteiger partial charge in [0.1, 0.15) is 0 Å². The molecule has 5 nitrogen and oxygen atoms in total. The lowest BCUT2D eigenvalue weighted by Gasteiger charge is -2.13. The summed E-state index contributed by atoms with van der Waals surface area (Å²) in [5.41, 5.74) is 0.970. The molecule has 1 unspecified atom stereocenters. The number of rotatable bonds is 7. The van der Waals surface area contributed by atoms with Crippen LogP contribution >= 0.6 is 23.2 Å². The number of ether oxygens (including phenoxy) is 1. The predicted molar refractivity (Wildman–Crippen MR) is 101 cm³/mol. The van der Waals surface area contributed by atoms with E-state index in [2.05, 4.69) is 5.32 Å². The summed E-state index contributed by atoms with van der Waals surface area (Å²) in [7, 11) is 0. The second-order valence-corrected chi connectivity index (χ2v) is 6.35. The van der Waals surface area contributed by atoms with Crippen LogP contribution < -0.4 is 5.32 Å². The van der Waals surface area contributed by atoms with Crippen LogP contribution in [0.4, 0.5) is 5.69 Å². The average molecular weight is 394 g/mol. The van der Waals surface area contributed by atoms with E-state index in [0.29, 0.717) is 21.3 Å². The van der Waals surface area contributed by atoms with Crippen LogP contribution in [0.3, 0.4) is 0 Å². The lowest BCUT2D eigenvalue weighted by Crippen LogP contribution is -2.30. The van der Waals surface area contributed by atoms with Gasteiger partial charge in [-0.2, -0.15) is 0 Å². The first-order chi connectivity index (χ1) is 12.4. The molecule has 7 heteroatoms. The van der Waals surface area contributed by atoms with Gasteiger partial charge in [-0.3, -0.25) is 14.4 Å². The number of Topliss-reactive ketones (excluding diaryl/α,β-unsaturated/α-hetero) is 1. The Bertz CT molecular complexity index is 808. The van der Waals surface area contributed by atoms with Crippen molar-refractivity contribution < 1.29 is 19.1 Å². The first-order valence-corrected chi connectivity index (χ1v) is 8.66. The quantitative estimate of drug-likeness (QED) is 0.553. The third kappa shape index (κ3) is 5.86. The molecular weight excluding hydrogens is 377 g/mol. The van der Waals surface area contributed by atoms with Crippen LogP contribution in [0, 0.1) is 0 Å². The lowest BCUT2D eigenvalue weighted by molar-refractivity contribution is -0.153. The molecule has 0 fully saturated rings. The van der Waals surface area contributed by atoms with Gasteiger partial charge in [-0.1, -0.05) is 53.5 Å². The number of ketones is 1. The zero-order valence-corrected chi connectivity index (χ0v) is 15.5. The van der Waals surface area contributed by atoms with Gasteiger partial charge in [0.05, 0.1) is 16.5 Å². The molecule has 0 aliphatic heterocycles. The Morgan fingerprint density at radius 1 is 1.00 bits per heavy atom. The molecule has 1 N–H and O–H groups in total. The zero-order valence-electron chi connectivity index (χ0n) is 14.0. The van der Waals surface area contributed by atoms with E-state index in [0.717, 1.165) is 0 Å². The highest BCUT2D eigenvalue weighted by Gasteiger charge is 2.19. The molecule has 0 spiro atoms. The highest BCUT2D eigenvalue weighted by molar-refractivity contribution is 6.42. The molecule has 2 rings (SSSR count). The van der Waals surface area contributed by atoms with Crippen molar-refractivity contribution in [3.8, 4) is 0 Å². The fourth-order valence-electron chi connectivity index (χ4n) is 2.11. The predicted octanol–water partition coefficient (Wildman–Crippen LogP) is 4.53. The van der Waals surface area contributed by atoms with Gasteiger partial charge in [-0.05, 0) is 25.1 Å². The second kappa shape index (κ2) is 9.36. The number of carbonyl (C=O) groups excluding carboxylic acids is 3. The summed E-state index contributed by atoms with van der Waals surface area (Å²) in [6.45, 7) is 1.45. The Morgan fingerprint density at radius 2 is 1.69 bits per heavy atom. The maximum atomic E-state index is 12.1. The van der Waals surface area contributed by atoms with Crippen molar-refractivity contribution in [1.29, 1.82) is 0 Å². The highest BCUT2D eigenvalue weighted by atomic mass is 35.5. The highest BCUT2D eigenvalue weighted by Crippen LogP contribution is 2.25. The third-order valence-electron chi connectivity index (χ3n) is 3.52. The first kappa shape index (κ1) is 19.9. The van der Waals surface area contributed by atoms with E-state index in [9.17, 15) is 14.4 Å². The van der Waals surface area contributed by atoms with E-state index >= 15 is 0 Å². The minimum absolute atomic E-state index is 0.0178. The zero-order chi connectivity index (χ0) is 19.1. The van der Waals surface area contributed by atoms with Crippen molar-refractivity contribution in [3.05, 3.63) is 64.1 Å². The average Bonchev–Trinajstić information content (AvgIpc) is 2.63. The molecule has 0 aliphatic rings. The van der Waals surface area contributed by atoms with Gasteiger partial charge in [-0.15, -0.1) is 0 Å². The summed E-state index contributed by atoms with van der Waals surface area (Å²) in [6, 6.07) is 13.3. The summed E-state index contributed by atoms with van der Waals surface area (Å²) in [6.07, 6.45) is -1.09. The number of anilines is 1. The van der Waals surface area contributed by atoms with Crippen LogP contribution in [0.15, 0.2) is 48.5 Å². The Labute approximate surface area is 161 Å². The van der Waals surface area contributed by atoms with Gasteiger partial charge in [0.2, 0.25) is 0 Å². The minimum Gasteiger partial charge on any atom is -0.453 e. The van der Waals surface area contributed by atoms with E-state index in [1.54, 1.807) is 42.5 Å². The number of hydrogen-bond donors (Lipinski definition) is 1. The van der Waals surface area contributed by atoms with Crippen LogP contribution in [-0.4, -0.2) is 23.8 Å². The number of hydrogen-bond acceptors (Lipinski definition) is 4. The molecule has 26 heavy (non-hydrogen) atoms. The molecule has 0 saturated carbocycles. The molecule has 0 aliphatic carbocycles. The van der Waals surface area contributed by atoms with Gasteiger partial charge in [0.15, 0.2) is 11.9 Å². The fraction of sp³-hybridized carbons (Fsp3) is 0.211. The molecule has 0 bridgehead atoms.